The maximum absolute atomic E-state index is 5.99. The van der Waals surface area contributed by atoms with E-state index in [0.717, 1.165) is 18.5 Å². The molecule has 6 heteroatoms. The Balaban J connectivity index is 2.01. The highest BCUT2D eigenvalue weighted by Crippen LogP contribution is 2.22. The summed E-state index contributed by atoms with van der Waals surface area (Å²) in [7, 11) is 0. The van der Waals surface area contributed by atoms with E-state index in [1.54, 1.807) is 6.92 Å². The predicted molar refractivity (Wildman–Crippen MR) is 88.0 cm³/mol. The summed E-state index contributed by atoms with van der Waals surface area (Å²) in [6.07, 6.45) is 2.48. The van der Waals surface area contributed by atoms with Crippen LogP contribution < -0.4 is 11.1 Å². The first kappa shape index (κ1) is 16.0. The third-order valence-electron chi connectivity index (χ3n) is 3.43. The molecule has 0 atom stereocenters. The Labute approximate surface area is 130 Å². The van der Waals surface area contributed by atoms with Crippen LogP contribution in [-0.4, -0.2) is 22.6 Å². The fraction of sp³-hybridized carbons (Fsp3) is 0.438. The van der Waals surface area contributed by atoms with Crippen molar-refractivity contribution in [1.29, 1.82) is 0 Å². The third kappa shape index (κ3) is 4.07. The second-order valence-corrected chi connectivity index (χ2v) is 5.04. The topological polar surface area (TPSA) is 89.3 Å². The Morgan fingerprint density at radius 1 is 1.27 bits per heavy atom. The molecule has 0 saturated carbocycles. The number of guanidine groups is 1. The Hall–Kier alpha value is -2.37. The number of hydrogen-bond donors (Lipinski definition) is 2. The summed E-state index contributed by atoms with van der Waals surface area (Å²) in [6.45, 7) is 6.56. The highest BCUT2D eigenvalue weighted by molar-refractivity contribution is 5.93. The largest absolute Gasteiger partial charge is 0.370 e. The van der Waals surface area contributed by atoms with E-state index in [9.17, 15) is 0 Å². The number of para-hydroxylation sites is 1. The fourth-order valence-corrected chi connectivity index (χ4v) is 2.28. The van der Waals surface area contributed by atoms with Crippen LogP contribution in [0.5, 0.6) is 0 Å². The van der Waals surface area contributed by atoms with Gasteiger partial charge in [-0.2, -0.15) is 4.98 Å². The number of nitrogens with one attached hydrogen (secondary N) is 1. The average Bonchev–Trinajstić information content (AvgIpc) is 2.93. The van der Waals surface area contributed by atoms with Crippen LogP contribution in [0.3, 0.4) is 0 Å². The lowest BCUT2D eigenvalue weighted by atomic mass is 10.0. The van der Waals surface area contributed by atoms with Crippen LogP contribution in [0.2, 0.25) is 0 Å². The minimum absolute atomic E-state index is 0.409. The first-order chi connectivity index (χ1) is 10.6. The number of hydrogen-bond acceptors (Lipinski definition) is 4. The minimum Gasteiger partial charge on any atom is -0.370 e. The van der Waals surface area contributed by atoms with Gasteiger partial charge in [0.15, 0.2) is 11.8 Å². The van der Waals surface area contributed by atoms with E-state index in [1.807, 2.05) is 0 Å². The van der Waals surface area contributed by atoms with Crippen molar-refractivity contribution in [3.05, 3.63) is 41.0 Å². The Morgan fingerprint density at radius 2 is 1.95 bits per heavy atom. The molecule has 0 amide bonds. The van der Waals surface area contributed by atoms with E-state index in [0.29, 0.717) is 30.6 Å². The number of aliphatic imine (C=N–C) groups is 1. The van der Waals surface area contributed by atoms with E-state index < -0.39 is 0 Å². The smallest absolute Gasteiger partial charge is 0.228 e. The van der Waals surface area contributed by atoms with Crippen LogP contribution in [0.4, 0.5) is 5.69 Å². The number of rotatable bonds is 6. The molecular formula is C16H23N5O. The quantitative estimate of drug-likeness (QED) is 0.632. The number of aryl methyl sites for hydroxylation is 3. The normalized spacial score (nSPS) is 11.7. The maximum Gasteiger partial charge on any atom is 0.228 e. The zero-order valence-electron chi connectivity index (χ0n) is 13.4. The minimum atomic E-state index is 0.409. The van der Waals surface area contributed by atoms with Gasteiger partial charge in [-0.25, -0.2) is 0 Å². The molecule has 2 rings (SSSR count). The summed E-state index contributed by atoms with van der Waals surface area (Å²) in [6, 6.07) is 6.29. The van der Waals surface area contributed by atoms with Crippen molar-refractivity contribution in [2.24, 2.45) is 10.7 Å². The van der Waals surface area contributed by atoms with Gasteiger partial charge in [-0.05, 0) is 30.9 Å². The Morgan fingerprint density at radius 3 is 2.50 bits per heavy atom. The van der Waals surface area contributed by atoms with Gasteiger partial charge >= 0.3 is 0 Å². The molecule has 1 aromatic heterocycles. The first-order valence-corrected chi connectivity index (χ1v) is 7.60. The van der Waals surface area contributed by atoms with Crippen LogP contribution in [-0.2, 0) is 19.3 Å². The van der Waals surface area contributed by atoms with Crippen molar-refractivity contribution in [2.75, 3.05) is 11.9 Å². The molecular weight excluding hydrogens is 278 g/mol. The molecule has 6 nitrogen and oxygen atoms in total. The molecule has 0 fully saturated rings. The highest BCUT2D eigenvalue weighted by Gasteiger charge is 2.07. The summed E-state index contributed by atoms with van der Waals surface area (Å²) < 4.78 is 5.05. The van der Waals surface area contributed by atoms with E-state index in [2.05, 4.69) is 52.5 Å². The Bertz CT molecular complexity index is 625. The third-order valence-corrected chi connectivity index (χ3v) is 3.43. The second-order valence-electron chi connectivity index (χ2n) is 5.04. The van der Waals surface area contributed by atoms with Gasteiger partial charge in [0.05, 0.1) is 6.54 Å². The molecule has 118 valence electrons. The number of nitrogens with zero attached hydrogens (tertiary/aromatic N) is 3. The zero-order valence-corrected chi connectivity index (χ0v) is 13.4. The molecule has 0 aliphatic carbocycles. The van der Waals surface area contributed by atoms with Gasteiger partial charge in [-0.3, -0.25) is 4.99 Å². The summed E-state index contributed by atoms with van der Waals surface area (Å²) in [5.74, 6) is 1.62. The molecule has 3 N–H and O–H groups in total. The molecule has 1 aromatic carbocycles. The van der Waals surface area contributed by atoms with Gasteiger partial charge in [-0.1, -0.05) is 37.2 Å². The molecule has 1 heterocycles. The van der Waals surface area contributed by atoms with E-state index in [-0.39, 0.29) is 0 Å². The van der Waals surface area contributed by atoms with Gasteiger partial charge < -0.3 is 15.6 Å². The fourth-order valence-electron chi connectivity index (χ4n) is 2.28. The van der Waals surface area contributed by atoms with Crippen molar-refractivity contribution in [3.63, 3.8) is 0 Å². The van der Waals surface area contributed by atoms with Crippen molar-refractivity contribution < 1.29 is 4.52 Å². The number of nitrogens with two attached hydrogens (primary N) is 1. The van der Waals surface area contributed by atoms with Crippen molar-refractivity contribution in [3.8, 4) is 0 Å². The SMILES string of the molecule is CCc1cccc(CC)c1NC(N)=NCCc1nc(C)no1. The first-order valence-electron chi connectivity index (χ1n) is 7.60. The number of anilines is 1. The van der Waals surface area contributed by atoms with Crippen LogP contribution in [0.1, 0.15) is 36.7 Å². The molecule has 0 radical (unpaired) electrons. The van der Waals surface area contributed by atoms with E-state index in [1.165, 1.54) is 11.1 Å². The molecule has 22 heavy (non-hydrogen) atoms. The average molecular weight is 301 g/mol. The molecule has 0 bridgehead atoms. The standard InChI is InChI=1S/C16H23N5O/c1-4-12-7-6-8-13(5-2)15(12)20-16(17)18-10-9-14-19-11(3)21-22-14/h6-8H,4-5,9-10H2,1-3H3,(H3,17,18,20). The molecule has 0 aliphatic rings. The van der Waals surface area contributed by atoms with Gasteiger partial charge in [-0.15, -0.1) is 0 Å². The second kappa shape index (κ2) is 7.59. The molecule has 0 unspecified atom stereocenters. The number of benzene rings is 1. The van der Waals surface area contributed by atoms with E-state index >= 15 is 0 Å². The van der Waals surface area contributed by atoms with Gasteiger partial charge in [0.25, 0.3) is 0 Å². The molecule has 2 aromatic rings. The lowest BCUT2D eigenvalue weighted by molar-refractivity contribution is 0.376. The summed E-state index contributed by atoms with van der Waals surface area (Å²) in [5, 5.41) is 6.98. The number of aromatic nitrogens is 2. The summed E-state index contributed by atoms with van der Waals surface area (Å²) in [4.78, 5) is 8.47. The Kier molecular flexibility index (Phi) is 5.52. The van der Waals surface area contributed by atoms with Crippen molar-refractivity contribution in [2.45, 2.75) is 40.0 Å². The molecule has 0 aliphatic heterocycles. The van der Waals surface area contributed by atoms with Gasteiger partial charge in [0, 0.05) is 12.1 Å². The van der Waals surface area contributed by atoms with Gasteiger partial charge in [0.1, 0.15) is 0 Å². The molecule has 0 spiro atoms. The van der Waals surface area contributed by atoms with Crippen LogP contribution in [0, 0.1) is 6.92 Å². The van der Waals surface area contributed by atoms with Crippen LogP contribution in [0.25, 0.3) is 0 Å². The maximum atomic E-state index is 5.99. The molecule has 0 saturated heterocycles. The zero-order chi connectivity index (χ0) is 15.9. The highest BCUT2D eigenvalue weighted by atomic mass is 16.5. The summed E-state index contributed by atoms with van der Waals surface area (Å²) >= 11 is 0. The predicted octanol–water partition coefficient (Wildman–Crippen LogP) is 2.47. The van der Waals surface area contributed by atoms with Gasteiger partial charge in [0.2, 0.25) is 5.89 Å². The van der Waals surface area contributed by atoms with Crippen molar-refractivity contribution >= 4 is 11.6 Å². The lowest BCUT2D eigenvalue weighted by Gasteiger charge is -2.14. The van der Waals surface area contributed by atoms with E-state index in [4.69, 9.17) is 10.3 Å². The lowest BCUT2D eigenvalue weighted by Crippen LogP contribution is -2.24. The van der Waals surface area contributed by atoms with Crippen LogP contribution >= 0.6 is 0 Å². The monoisotopic (exact) mass is 301 g/mol. The van der Waals surface area contributed by atoms with Crippen molar-refractivity contribution in [1.82, 2.24) is 10.1 Å². The summed E-state index contributed by atoms with van der Waals surface area (Å²) in [5.41, 5.74) is 9.55. The van der Waals surface area contributed by atoms with Crippen LogP contribution in [0.15, 0.2) is 27.7 Å².